The van der Waals surface area contributed by atoms with E-state index in [2.05, 4.69) is 21.2 Å². The summed E-state index contributed by atoms with van der Waals surface area (Å²) in [4.78, 5) is 0. The van der Waals surface area contributed by atoms with Crippen LogP contribution in [0, 0.1) is 17.2 Å². The number of benzene rings is 1. The Balaban J connectivity index is 1.80. The number of hydrogen-bond acceptors (Lipinski definition) is 1. The molecule has 0 spiro atoms. The van der Waals surface area contributed by atoms with E-state index in [0.29, 0.717) is 5.41 Å². The van der Waals surface area contributed by atoms with Crippen molar-refractivity contribution in [2.45, 2.75) is 32.1 Å². The second-order valence-corrected chi connectivity index (χ2v) is 6.78. The Bertz CT molecular complexity index is 436. The van der Waals surface area contributed by atoms with Crippen LogP contribution >= 0.6 is 15.9 Å². The van der Waals surface area contributed by atoms with E-state index in [1.807, 2.05) is 12.1 Å². The molecule has 98 valence electrons. The van der Waals surface area contributed by atoms with Gasteiger partial charge in [0.15, 0.2) is 0 Å². The maximum Gasteiger partial charge on any atom is 0.127 e. The Morgan fingerprint density at radius 2 is 2.00 bits per heavy atom. The summed E-state index contributed by atoms with van der Waals surface area (Å²) >= 11 is 3.32. The Kier molecular flexibility index (Phi) is 3.46. The lowest BCUT2D eigenvalue weighted by Gasteiger charge is -2.48. The van der Waals surface area contributed by atoms with Crippen molar-refractivity contribution in [2.75, 3.05) is 13.1 Å². The number of halogens is 2. The van der Waals surface area contributed by atoms with Gasteiger partial charge in [-0.3, -0.25) is 0 Å². The van der Waals surface area contributed by atoms with Gasteiger partial charge >= 0.3 is 0 Å². The minimum Gasteiger partial charge on any atom is -0.315 e. The van der Waals surface area contributed by atoms with Crippen molar-refractivity contribution >= 4 is 15.9 Å². The van der Waals surface area contributed by atoms with Crippen molar-refractivity contribution in [1.29, 1.82) is 0 Å². The van der Waals surface area contributed by atoms with Gasteiger partial charge < -0.3 is 5.32 Å². The molecule has 1 aromatic carbocycles. The molecule has 2 fully saturated rings. The summed E-state index contributed by atoms with van der Waals surface area (Å²) in [5.74, 6) is 0.732. The molecular weight excluding hydrogens is 293 g/mol. The Hall–Kier alpha value is -0.410. The summed E-state index contributed by atoms with van der Waals surface area (Å²) in [6.07, 6.45) is 6.27. The third-order valence-electron chi connectivity index (χ3n) is 4.73. The summed E-state index contributed by atoms with van der Waals surface area (Å²) < 4.78 is 14.8. The SMILES string of the molecule is Fc1cc(Br)ccc1CC1(C2CCCC2)CNC1. The highest BCUT2D eigenvalue weighted by atomic mass is 79.9. The molecule has 3 heteroatoms. The van der Waals surface area contributed by atoms with Gasteiger partial charge in [-0.25, -0.2) is 4.39 Å². The summed E-state index contributed by atoms with van der Waals surface area (Å²) in [5.41, 5.74) is 1.21. The van der Waals surface area contributed by atoms with E-state index in [9.17, 15) is 4.39 Å². The second kappa shape index (κ2) is 4.93. The first-order chi connectivity index (χ1) is 8.70. The third kappa shape index (κ3) is 2.23. The average Bonchev–Trinajstić information content (AvgIpc) is 2.79. The van der Waals surface area contributed by atoms with Crippen LogP contribution in [0.2, 0.25) is 0 Å². The first kappa shape index (κ1) is 12.6. The molecule has 1 N–H and O–H groups in total. The lowest BCUT2D eigenvalue weighted by molar-refractivity contribution is 0.0801. The average molecular weight is 312 g/mol. The zero-order valence-corrected chi connectivity index (χ0v) is 12.1. The molecule has 0 bridgehead atoms. The van der Waals surface area contributed by atoms with Crippen LogP contribution in [0.25, 0.3) is 0 Å². The van der Waals surface area contributed by atoms with Crippen LogP contribution in [0.5, 0.6) is 0 Å². The summed E-state index contributed by atoms with van der Waals surface area (Å²) in [7, 11) is 0. The van der Waals surface area contributed by atoms with Gasteiger partial charge in [0.25, 0.3) is 0 Å². The highest BCUT2D eigenvalue weighted by molar-refractivity contribution is 9.10. The van der Waals surface area contributed by atoms with Crippen molar-refractivity contribution < 1.29 is 4.39 Å². The van der Waals surface area contributed by atoms with Crippen LogP contribution in [0.4, 0.5) is 4.39 Å². The van der Waals surface area contributed by atoms with Crippen molar-refractivity contribution in [1.82, 2.24) is 5.32 Å². The minimum absolute atomic E-state index is 0.0614. The molecule has 0 aromatic heterocycles. The fourth-order valence-corrected chi connectivity index (χ4v) is 3.92. The molecule has 0 radical (unpaired) electrons. The molecule has 1 aliphatic carbocycles. The van der Waals surface area contributed by atoms with Crippen molar-refractivity contribution in [3.05, 3.63) is 34.1 Å². The fourth-order valence-electron chi connectivity index (χ4n) is 3.59. The largest absolute Gasteiger partial charge is 0.315 e. The molecule has 1 heterocycles. The van der Waals surface area contributed by atoms with E-state index in [0.717, 1.165) is 35.5 Å². The Morgan fingerprint density at radius 1 is 1.28 bits per heavy atom. The van der Waals surface area contributed by atoms with Crippen LogP contribution in [0.1, 0.15) is 31.2 Å². The van der Waals surface area contributed by atoms with E-state index < -0.39 is 0 Å². The molecular formula is C15H19BrFN. The van der Waals surface area contributed by atoms with Gasteiger partial charge in [-0.1, -0.05) is 34.8 Å². The Morgan fingerprint density at radius 3 is 2.56 bits per heavy atom. The van der Waals surface area contributed by atoms with Gasteiger partial charge in [0.05, 0.1) is 0 Å². The van der Waals surface area contributed by atoms with Crippen LogP contribution in [0.15, 0.2) is 22.7 Å². The van der Waals surface area contributed by atoms with Crippen molar-refractivity contribution in [3.63, 3.8) is 0 Å². The van der Waals surface area contributed by atoms with E-state index >= 15 is 0 Å². The predicted octanol–water partition coefficient (Wildman–Crippen LogP) is 3.91. The smallest absolute Gasteiger partial charge is 0.127 e. The molecule has 0 atom stereocenters. The normalized spacial score (nSPS) is 23.0. The molecule has 0 amide bonds. The second-order valence-electron chi connectivity index (χ2n) is 5.86. The summed E-state index contributed by atoms with van der Waals surface area (Å²) in [5, 5.41) is 3.40. The first-order valence-corrected chi connectivity index (χ1v) is 7.64. The maximum absolute atomic E-state index is 14.0. The van der Waals surface area contributed by atoms with Gasteiger partial charge in [-0.2, -0.15) is 0 Å². The van der Waals surface area contributed by atoms with Gasteiger partial charge in [0.2, 0.25) is 0 Å². The topological polar surface area (TPSA) is 12.0 Å². The minimum atomic E-state index is -0.0614. The van der Waals surface area contributed by atoms with Crippen LogP contribution in [-0.2, 0) is 6.42 Å². The summed E-state index contributed by atoms with van der Waals surface area (Å²) in [6.45, 7) is 2.13. The molecule has 1 saturated carbocycles. The Labute approximate surface area is 116 Å². The number of hydrogen-bond donors (Lipinski definition) is 1. The quantitative estimate of drug-likeness (QED) is 0.892. The highest BCUT2D eigenvalue weighted by Crippen LogP contribution is 2.45. The molecule has 1 aromatic rings. The van der Waals surface area contributed by atoms with Gasteiger partial charge in [0.1, 0.15) is 5.82 Å². The fraction of sp³-hybridized carbons (Fsp3) is 0.600. The van der Waals surface area contributed by atoms with Gasteiger partial charge in [-0.15, -0.1) is 0 Å². The van der Waals surface area contributed by atoms with Crippen LogP contribution in [0.3, 0.4) is 0 Å². The highest BCUT2D eigenvalue weighted by Gasteiger charge is 2.45. The molecule has 18 heavy (non-hydrogen) atoms. The van der Waals surface area contributed by atoms with E-state index in [1.54, 1.807) is 6.07 Å². The molecule has 1 saturated heterocycles. The van der Waals surface area contributed by atoms with E-state index in [1.165, 1.54) is 25.7 Å². The summed E-state index contributed by atoms with van der Waals surface area (Å²) in [6, 6.07) is 5.48. The first-order valence-electron chi connectivity index (χ1n) is 6.84. The standard InChI is InChI=1S/C15H19BrFN/c16-13-6-5-11(14(17)7-13)8-15(9-18-10-15)12-3-1-2-4-12/h5-7,12,18H,1-4,8-10H2. The number of rotatable bonds is 3. The maximum atomic E-state index is 14.0. The predicted molar refractivity (Wildman–Crippen MR) is 75.1 cm³/mol. The van der Waals surface area contributed by atoms with Gasteiger partial charge in [0, 0.05) is 23.0 Å². The lowest BCUT2D eigenvalue weighted by Crippen LogP contribution is -2.58. The zero-order valence-electron chi connectivity index (χ0n) is 10.5. The molecule has 0 unspecified atom stereocenters. The van der Waals surface area contributed by atoms with Gasteiger partial charge in [-0.05, 0) is 42.9 Å². The van der Waals surface area contributed by atoms with Crippen molar-refractivity contribution in [2.24, 2.45) is 11.3 Å². The van der Waals surface area contributed by atoms with E-state index in [4.69, 9.17) is 0 Å². The van der Waals surface area contributed by atoms with Crippen LogP contribution in [-0.4, -0.2) is 13.1 Å². The zero-order chi connectivity index (χ0) is 12.6. The lowest BCUT2D eigenvalue weighted by atomic mass is 9.66. The van der Waals surface area contributed by atoms with E-state index in [-0.39, 0.29) is 5.82 Å². The molecule has 2 aliphatic rings. The van der Waals surface area contributed by atoms with Crippen molar-refractivity contribution in [3.8, 4) is 0 Å². The third-order valence-corrected chi connectivity index (χ3v) is 5.23. The molecule has 1 nitrogen and oxygen atoms in total. The van der Waals surface area contributed by atoms with Crippen LogP contribution < -0.4 is 5.32 Å². The monoisotopic (exact) mass is 311 g/mol. The molecule has 3 rings (SSSR count). The number of nitrogens with one attached hydrogen (secondary N) is 1. The molecule has 1 aliphatic heterocycles.